The summed E-state index contributed by atoms with van der Waals surface area (Å²) in [6, 6.07) is 12.1. The largest absolute Gasteiger partial charge is 0.497 e. The summed E-state index contributed by atoms with van der Waals surface area (Å²) in [5.74, 6) is 1.29. The molecule has 0 spiro atoms. The van der Waals surface area contributed by atoms with Crippen molar-refractivity contribution in [2.45, 2.75) is 39.2 Å². The maximum atomic E-state index is 12.8. The second kappa shape index (κ2) is 9.14. The summed E-state index contributed by atoms with van der Waals surface area (Å²) < 4.78 is 5.29. The molecule has 1 aliphatic rings. The molecular formula is C24H29N3O2S. The van der Waals surface area contributed by atoms with Gasteiger partial charge in [0.05, 0.1) is 18.7 Å². The number of hydrogen-bond acceptors (Lipinski definition) is 5. The normalized spacial score (nSPS) is 18.3. The van der Waals surface area contributed by atoms with Gasteiger partial charge in [0.2, 0.25) is 5.91 Å². The highest BCUT2D eigenvalue weighted by molar-refractivity contribution is 7.13. The number of piperidine rings is 1. The van der Waals surface area contributed by atoms with E-state index in [9.17, 15) is 4.79 Å². The van der Waals surface area contributed by atoms with Crippen LogP contribution in [0.25, 0.3) is 10.8 Å². The Morgan fingerprint density at radius 2 is 2.10 bits per heavy atom. The number of fused-ring (bicyclic) bond motifs is 1. The van der Waals surface area contributed by atoms with E-state index < -0.39 is 0 Å². The van der Waals surface area contributed by atoms with E-state index in [1.807, 2.05) is 37.3 Å². The summed E-state index contributed by atoms with van der Waals surface area (Å²) >= 11 is 1.50. The van der Waals surface area contributed by atoms with Gasteiger partial charge in [-0.1, -0.05) is 31.2 Å². The predicted molar refractivity (Wildman–Crippen MR) is 123 cm³/mol. The quantitative estimate of drug-likeness (QED) is 0.586. The number of thiazole rings is 1. The molecule has 4 rings (SSSR count). The van der Waals surface area contributed by atoms with Crippen molar-refractivity contribution in [3.05, 3.63) is 53.0 Å². The number of carbonyl (C=O) groups is 1. The van der Waals surface area contributed by atoms with Gasteiger partial charge < -0.3 is 10.1 Å². The number of nitrogens with one attached hydrogen (secondary N) is 1. The topological polar surface area (TPSA) is 54.5 Å². The third-order valence-corrected chi connectivity index (χ3v) is 6.68. The van der Waals surface area contributed by atoms with Crippen LogP contribution in [0.1, 0.15) is 43.9 Å². The molecule has 0 aliphatic carbocycles. The van der Waals surface area contributed by atoms with E-state index in [0.717, 1.165) is 53.3 Å². The zero-order valence-corrected chi connectivity index (χ0v) is 18.7. The molecule has 2 atom stereocenters. The molecule has 0 radical (unpaired) electrons. The molecule has 1 unspecified atom stereocenters. The zero-order chi connectivity index (χ0) is 21.1. The van der Waals surface area contributed by atoms with E-state index in [1.165, 1.54) is 24.2 Å². The van der Waals surface area contributed by atoms with Gasteiger partial charge in [0.15, 0.2) is 5.13 Å². The number of nitrogens with zero attached hydrogens (tertiary/aromatic N) is 2. The molecule has 1 saturated heterocycles. The third kappa shape index (κ3) is 4.82. The van der Waals surface area contributed by atoms with Crippen molar-refractivity contribution in [3.63, 3.8) is 0 Å². The summed E-state index contributed by atoms with van der Waals surface area (Å²) in [4.78, 5) is 19.9. The lowest BCUT2D eigenvalue weighted by Gasteiger charge is -2.30. The highest BCUT2D eigenvalue weighted by Gasteiger charge is 2.19. The Balaban J connectivity index is 1.40. The van der Waals surface area contributed by atoms with Crippen molar-refractivity contribution in [2.75, 3.05) is 25.5 Å². The number of benzene rings is 2. The minimum absolute atomic E-state index is 0.0321. The lowest BCUT2D eigenvalue weighted by molar-refractivity contribution is -0.117. The fourth-order valence-electron chi connectivity index (χ4n) is 4.10. The van der Waals surface area contributed by atoms with Crippen LogP contribution in [0.15, 0.2) is 41.8 Å². The zero-order valence-electron chi connectivity index (χ0n) is 17.9. The first-order valence-electron chi connectivity index (χ1n) is 10.6. The minimum atomic E-state index is -0.258. The molecule has 30 heavy (non-hydrogen) atoms. The fourth-order valence-corrected chi connectivity index (χ4v) is 4.80. The van der Waals surface area contributed by atoms with Gasteiger partial charge >= 0.3 is 0 Å². The van der Waals surface area contributed by atoms with Crippen molar-refractivity contribution in [1.82, 2.24) is 9.88 Å². The van der Waals surface area contributed by atoms with Gasteiger partial charge in [-0.15, -0.1) is 11.3 Å². The van der Waals surface area contributed by atoms with Gasteiger partial charge in [-0.25, -0.2) is 4.98 Å². The highest BCUT2D eigenvalue weighted by Crippen LogP contribution is 2.27. The van der Waals surface area contributed by atoms with Crippen LogP contribution >= 0.6 is 11.3 Å². The molecule has 1 aromatic heterocycles. The molecule has 1 amide bonds. The monoisotopic (exact) mass is 423 g/mol. The van der Waals surface area contributed by atoms with Gasteiger partial charge in [-0.2, -0.15) is 0 Å². The second-order valence-electron chi connectivity index (χ2n) is 8.31. The van der Waals surface area contributed by atoms with E-state index in [0.29, 0.717) is 5.13 Å². The van der Waals surface area contributed by atoms with Crippen molar-refractivity contribution in [3.8, 4) is 5.75 Å². The number of anilines is 1. The summed E-state index contributed by atoms with van der Waals surface area (Å²) in [6.07, 6.45) is 2.57. The molecule has 158 valence electrons. The first-order valence-corrected chi connectivity index (χ1v) is 11.4. The predicted octanol–water partition coefficient (Wildman–Crippen LogP) is 5.28. The van der Waals surface area contributed by atoms with E-state index in [4.69, 9.17) is 4.74 Å². The van der Waals surface area contributed by atoms with Crippen LogP contribution in [0.3, 0.4) is 0 Å². The second-order valence-corrected chi connectivity index (χ2v) is 9.17. The maximum absolute atomic E-state index is 12.8. The Labute approximate surface area is 182 Å². The van der Waals surface area contributed by atoms with E-state index in [1.54, 1.807) is 7.11 Å². The molecule has 0 saturated carbocycles. The summed E-state index contributed by atoms with van der Waals surface area (Å²) in [5, 5.41) is 7.94. The van der Waals surface area contributed by atoms with Gasteiger partial charge in [0, 0.05) is 18.5 Å². The van der Waals surface area contributed by atoms with Crippen LogP contribution in [-0.4, -0.2) is 36.0 Å². The SMILES string of the molecule is COc1ccc2cc([C@H](C)C(=O)Nc3nc(CN4CCCC(C)C4)cs3)ccc2c1. The molecule has 1 aliphatic heterocycles. The number of carbonyl (C=O) groups excluding carboxylic acids is 1. The van der Waals surface area contributed by atoms with Gasteiger partial charge in [0.1, 0.15) is 5.75 Å². The molecule has 5 nitrogen and oxygen atoms in total. The van der Waals surface area contributed by atoms with Crippen LogP contribution in [0.5, 0.6) is 5.75 Å². The summed E-state index contributed by atoms with van der Waals surface area (Å²) in [6.45, 7) is 7.37. The van der Waals surface area contributed by atoms with Crippen molar-refractivity contribution in [1.29, 1.82) is 0 Å². The Hall–Kier alpha value is -2.44. The standard InChI is InChI=1S/C24H29N3O2S/c1-16-5-4-10-27(13-16)14-21-15-30-24(25-21)26-23(28)17(2)18-6-7-20-12-22(29-3)9-8-19(20)11-18/h6-9,11-12,15-17H,4-5,10,13-14H2,1-3H3,(H,25,26,28)/t16?,17-/m0/s1. The molecule has 2 heterocycles. The smallest absolute Gasteiger partial charge is 0.233 e. The Morgan fingerprint density at radius 3 is 2.90 bits per heavy atom. The molecule has 0 bridgehead atoms. The Bertz CT molecular complexity index is 1030. The maximum Gasteiger partial charge on any atom is 0.233 e. The van der Waals surface area contributed by atoms with Crippen LogP contribution < -0.4 is 10.1 Å². The Kier molecular flexibility index (Phi) is 6.35. The van der Waals surface area contributed by atoms with Crippen molar-refractivity contribution in [2.24, 2.45) is 5.92 Å². The summed E-state index contributed by atoms with van der Waals surface area (Å²) in [7, 11) is 1.67. The van der Waals surface area contributed by atoms with Gasteiger partial charge in [0.25, 0.3) is 0 Å². The number of ether oxygens (including phenoxy) is 1. The number of hydrogen-bond donors (Lipinski definition) is 1. The first kappa shape index (κ1) is 20.8. The van der Waals surface area contributed by atoms with E-state index in [2.05, 4.69) is 33.6 Å². The average molecular weight is 424 g/mol. The van der Waals surface area contributed by atoms with Crippen molar-refractivity contribution < 1.29 is 9.53 Å². The first-order chi connectivity index (χ1) is 14.5. The van der Waals surface area contributed by atoms with E-state index in [-0.39, 0.29) is 11.8 Å². The van der Waals surface area contributed by atoms with Gasteiger partial charge in [-0.3, -0.25) is 9.69 Å². The molecular weight excluding hydrogens is 394 g/mol. The fraction of sp³-hybridized carbons (Fsp3) is 0.417. The van der Waals surface area contributed by atoms with Gasteiger partial charge in [-0.05, 0) is 60.7 Å². The number of methoxy groups -OCH3 is 1. The molecule has 1 N–H and O–H groups in total. The Morgan fingerprint density at radius 1 is 1.30 bits per heavy atom. The van der Waals surface area contributed by atoms with Crippen LogP contribution in [0, 0.1) is 5.92 Å². The van der Waals surface area contributed by atoms with E-state index >= 15 is 0 Å². The molecule has 2 aromatic carbocycles. The van der Waals surface area contributed by atoms with Crippen molar-refractivity contribution >= 4 is 33.1 Å². The summed E-state index contributed by atoms with van der Waals surface area (Å²) in [5.41, 5.74) is 2.03. The lowest BCUT2D eigenvalue weighted by atomic mass is 9.97. The third-order valence-electron chi connectivity index (χ3n) is 5.87. The number of amides is 1. The number of aromatic nitrogens is 1. The molecule has 1 fully saturated rings. The molecule has 6 heteroatoms. The lowest BCUT2D eigenvalue weighted by Crippen LogP contribution is -2.33. The highest BCUT2D eigenvalue weighted by atomic mass is 32.1. The minimum Gasteiger partial charge on any atom is -0.497 e. The number of likely N-dealkylation sites (tertiary alicyclic amines) is 1. The number of rotatable bonds is 6. The average Bonchev–Trinajstić information content (AvgIpc) is 3.19. The van der Waals surface area contributed by atoms with Crippen LogP contribution in [0.2, 0.25) is 0 Å². The van der Waals surface area contributed by atoms with Crippen LogP contribution in [0.4, 0.5) is 5.13 Å². The molecule has 3 aromatic rings. The van der Waals surface area contributed by atoms with Crippen LogP contribution in [-0.2, 0) is 11.3 Å².